The molecule has 1 aliphatic carbocycles. The summed E-state index contributed by atoms with van der Waals surface area (Å²) in [6.45, 7) is 4.23. The highest BCUT2D eigenvalue weighted by Crippen LogP contribution is 2.33. The van der Waals surface area contributed by atoms with Crippen LogP contribution >= 0.6 is 0 Å². The summed E-state index contributed by atoms with van der Waals surface area (Å²) < 4.78 is 0. The van der Waals surface area contributed by atoms with Crippen molar-refractivity contribution in [3.63, 3.8) is 0 Å². The summed E-state index contributed by atoms with van der Waals surface area (Å²) in [5, 5.41) is 9.43. The van der Waals surface area contributed by atoms with Crippen LogP contribution in [0, 0.1) is 5.92 Å². The van der Waals surface area contributed by atoms with E-state index in [0.29, 0.717) is 31.3 Å². The quantitative estimate of drug-likeness (QED) is 0.468. The smallest absolute Gasteiger partial charge is 0.318 e. The molecule has 2 aliphatic heterocycles. The van der Waals surface area contributed by atoms with E-state index in [4.69, 9.17) is 0 Å². The zero-order chi connectivity index (χ0) is 27.9. The van der Waals surface area contributed by atoms with Gasteiger partial charge in [-0.15, -0.1) is 0 Å². The summed E-state index contributed by atoms with van der Waals surface area (Å²) in [5.74, 6) is 0.830. The van der Waals surface area contributed by atoms with Gasteiger partial charge < -0.3 is 25.8 Å². The highest BCUT2D eigenvalue weighted by atomic mass is 16.2. The Labute approximate surface area is 237 Å². The molecular weight excluding hydrogens is 502 g/mol. The fourth-order valence-electron chi connectivity index (χ4n) is 5.76. The molecule has 3 N–H and O–H groups in total. The van der Waals surface area contributed by atoms with Gasteiger partial charge in [0.05, 0.1) is 5.70 Å². The van der Waals surface area contributed by atoms with Crippen LogP contribution in [0.2, 0.25) is 0 Å². The van der Waals surface area contributed by atoms with Crippen molar-refractivity contribution in [1.29, 1.82) is 0 Å². The molecule has 2 heterocycles. The van der Waals surface area contributed by atoms with E-state index in [-0.39, 0.29) is 23.9 Å². The van der Waals surface area contributed by atoms with Crippen LogP contribution < -0.4 is 16.0 Å². The summed E-state index contributed by atoms with van der Waals surface area (Å²) >= 11 is 0. The Morgan fingerprint density at radius 2 is 1.57 bits per heavy atom. The fourth-order valence-corrected chi connectivity index (χ4v) is 5.76. The molecular formula is C32H41N5O3. The summed E-state index contributed by atoms with van der Waals surface area (Å²) in [5.41, 5.74) is 2.92. The van der Waals surface area contributed by atoms with E-state index in [1.807, 2.05) is 52.4 Å². The van der Waals surface area contributed by atoms with Gasteiger partial charge in [0.15, 0.2) is 0 Å². The zero-order valence-corrected chi connectivity index (χ0v) is 23.4. The second-order valence-corrected chi connectivity index (χ2v) is 11.4. The molecule has 2 aromatic rings. The van der Waals surface area contributed by atoms with Crippen molar-refractivity contribution in [3.05, 3.63) is 78.0 Å². The molecule has 0 spiro atoms. The summed E-state index contributed by atoms with van der Waals surface area (Å²) in [4.78, 5) is 42.4. The van der Waals surface area contributed by atoms with Gasteiger partial charge in [-0.2, -0.15) is 0 Å². The van der Waals surface area contributed by atoms with Crippen LogP contribution in [0.15, 0.2) is 66.9 Å². The second-order valence-electron chi connectivity index (χ2n) is 11.4. The number of benzene rings is 2. The molecule has 3 aliphatic rings. The topological polar surface area (TPSA) is 93.8 Å². The van der Waals surface area contributed by atoms with Gasteiger partial charge in [0.2, 0.25) is 11.8 Å². The highest BCUT2D eigenvalue weighted by molar-refractivity contribution is 5.87. The summed E-state index contributed by atoms with van der Waals surface area (Å²) in [6.07, 6.45) is 7.33. The van der Waals surface area contributed by atoms with Crippen LogP contribution in [-0.4, -0.2) is 65.9 Å². The minimum atomic E-state index is -0.482. The largest absolute Gasteiger partial charge is 0.386 e. The Hall–Kier alpha value is -3.81. The van der Waals surface area contributed by atoms with Gasteiger partial charge in [0.1, 0.15) is 6.04 Å². The predicted molar refractivity (Wildman–Crippen MR) is 156 cm³/mol. The Bertz CT molecular complexity index is 1190. The maximum atomic E-state index is 13.5. The number of carbonyl (C=O) groups is 3. The van der Waals surface area contributed by atoms with Crippen molar-refractivity contribution in [1.82, 2.24) is 25.8 Å². The monoisotopic (exact) mass is 543 g/mol. The van der Waals surface area contributed by atoms with Gasteiger partial charge >= 0.3 is 6.03 Å². The van der Waals surface area contributed by atoms with Crippen LogP contribution in [0.5, 0.6) is 0 Å². The molecule has 212 valence electrons. The third-order valence-corrected chi connectivity index (χ3v) is 8.24. The van der Waals surface area contributed by atoms with Gasteiger partial charge in [-0.1, -0.05) is 60.7 Å². The van der Waals surface area contributed by atoms with Crippen LogP contribution in [0.4, 0.5) is 4.79 Å². The predicted octanol–water partition coefficient (Wildman–Crippen LogP) is 4.07. The van der Waals surface area contributed by atoms with Crippen LogP contribution in [-0.2, 0) is 9.59 Å². The molecule has 3 fully saturated rings. The van der Waals surface area contributed by atoms with Crippen molar-refractivity contribution >= 4 is 23.5 Å². The third-order valence-electron chi connectivity index (χ3n) is 8.24. The van der Waals surface area contributed by atoms with Crippen molar-refractivity contribution in [2.24, 2.45) is 5.92 Å². The number of likely N-dealkylation sites (tertiary alicyclic amines) is 2. The molecule has 1 saturated carbocycles. The van der Waals surface area contributed by atoms with Crippen molar-refractivity contribution in [2.75, 3.05) is 26.2 Å². The molecule has 8 nitrogen and oxygen atoms in total. The number of piperidine rings is 1. The molecule has 40 heavy (non-hydrogen) atoms. The number of hydrogen-bond acceptors (Lipinski definition) is 4. The Morgan fingerprint density at radius 1 is 0.900 bits per heavy atom. The lowest BCUT2D eigenvalue weighted by Crippen LogP contribution is -2.54. The molecule has 5 rings (SSSR count). The van der Waals surface area contributed by atoms with E-state index in [0.717, 1.165) is 43.6 Å². The Morgan fingerprint density at radius 3 is 2.23 bits per heavy atom. The summed E-state index contributed by atoms with van der Waals surface area (Å²) in [7, 11) is 0. The molecule has 0 radical (unpaired) electrons. The van der Waals surface area contributed by atoms with E-state index in [9.17, 15) is 14.4 Å². The van der Waals surface area contributed by atoms with Gasteiger partial charge in [0.25, 0.3) is 0 Å². The first kappa shape index (κ1) is 27.7. The number of carbonyl (C=O) groups excluding carboxylic acids is 3. The first-order valence-corrected chi connectivity index (χ1v) is 14.6. The second kappa shape index (κ2) is 13.0. The molecule has 0 bridgehead atoms. The Kier molecular flexibility index (Phi) is 9.04. The van der Waals surface area contributed by atoms with E-state index < -0.39 is 6.04 Å². The molecule has 0 aromatic heterocycles. The standard InChI is InChI=1S/C32H41N5O3/c1-23(38)34-30(26-10-6-3-7-11-26)20-33-28-16-18-36(19-17-28)32(40)35-29-15-14-27(25-8-4-2-5-9-25)22-37(31(29)39)21-24-12-13-24/h2-11,20,24,27-29,33H,12-19,21-22H2,1H3,(H,34,38)(H,35,40)/b30-20-/t27-,29-/m1/s1. The molecule has 2 atom stereocenters. The molecule has 4 amide bonds. The minimum absolute atomic E-state index is 0.0618. The van der Waals surface area contributed by atoms with Gasteiger partial charge in [0, 0.05) is 51.3 Å². The molecule has 0 unspecified atom stereocenters. The highest BCUT2D eigenvalue weighted by Gasteiger charge is 2.36. The fraction of sp³-hybridized carbons (Fsp3) is 0.469. The van der Waals surface area contributed by atoms with Crippen molar-refractivity contribution in [3.8, 4) is 0 Å². The number of nitrogens with one attached hydrogen (secondary N) is 3. The average molecular weight is 544 g/mol. The number of amides is 4. The van der Waals surface area contributed by atoms with Crippen LogP contribution in [0.25, 0.3) is 5.70 Å². The number of nitrogens with zero attached hydrogens (tertiary/aromatic N) is 2. The van der Waals surface area contributed by atoms with E-state index >= 15 is 0 Å². The van der Waals surface area contributed by atoms with Crippen molar-refractivity contribution in [2.45, 2.75) is 63.5 Å². The lowest BCUT2D eigenvalue weighted by molar-refractivity contribution is -0.133. The van der Waals surface area contributed by atoms with Gasteiger partial charge in [-0.05, 0) is 55.6 Å². The minimum Gasteiger partial charge on any atom is -0.386 e. The molecule has 2 saturated heterocycles. The third kappa shape index (κ3) is 7.43. The Balaban J connectivity index is 1.16. The first-order valence-electron chi connectivity index (χ1n) is 14.6. The SMILES string of the molecule is CC(=O)N/C(=C\NC1CCN(C(=O)N[C@@H]2CC[C@@H](c3ccccc3)CN(CC3CC3)C2=O)CC1)c1ccccc1. The van der Waals surface area contributed by atoms with Crippen molar-refractivity contribution < 1.29 is 14.4 Å². The summed E-state index contributed by atoms with van der Waals surface area (Å²) in [6, 6.07) is 19.7. The number of hydrogen-bond donors (Lipinski definition) is 3. The lowest BCUT2D eigenvalue weighted by atomic mass is 9.93. The maximum Gasteiger partial charge on any atom is 0.318 e. The van der Waals surface area contributed by atoms with Gasteiger partial charge in [-0.25, -0.2) is 4.79 Å². The van der Waals surface area contributed by atoms with Crippen LogP contribution in [0.3, 0.4) is 0 Å². The number of urea groups is 1. The number of rotatable bonds is 8. The average Bonchev–Trinajstić information content (AvgIpc) is 3.82. The van der Waals surface area contributed by atoms with Crippen LogP contribution in [0.1, 0.15) is 62.5 Å². The maximum absolute atomic E-state index is 13.5. The van der Waals surface area contributed by atoms with E-state index in [2.05, 4.69) is 40.2 Å². The van der Waals surface area contributed by atoms with Gasteiger partial charge in [-0.3, -0.25) is 9.59 Å². The molecule has 2 aromatic carbocycles. The zero-order valence-electron chi connectivity index (χ0n) is 23.4. The van der Waals surface area contributed by atoms with E-state index in [1.165, 1.54) is 25.3 Å². The first-order chi connectivity index (χ1) is 19.5. The molecule has 8 heteroatoms. The lowest BCUT2D eigenvalue weighted by Gasteiger charge is -2.34. The van der Waals surface area contributed by atoms with E-state index in [1.54, 1.807) is 0 Å². The normalized spacial score (nSPS) is 22.4.